The molecule has 0 aliphatic rings. The number of benzene rings is 1. The predicted octanol–water partition coefficient (Wildman–Crippen LogP) is 3.19. The van der Waals surface area contributed by atoms with Crippen molar-refractivity contribution in [2.24, 2.45) is 11.7 Å². The van der Waals surface area contributed by atoms with Crippen LogP contribution in [0.2, 0.25) is 0 Å². The van der Waals surface area contributed by atoms with Crippen molar-refractivity contribution < 1.29 is 4.79 Å². The Morgan fingerprint density at radius 1 is 1.30 bits per heavy atom. The van der Waals surface area contributed by atoms with E-state index in [1.54, 1.807) is 0 Å². The fourth-order valence-corrected chi connectivity index (χ4v) is 2.39. The molecule has 0 aliphatic carbocycles. The maximum absolute atomic E-state index is 12.5. The minimum absolute atomic E-state index is 0.0875. The van der Waals surface area contributed by atoms with E-state index in [0.29, 0.717) is 6.54 Å². The fraction of sp³-hybridized carbons (Fsp3) is 0.588. The SMILES string of the molecule is CCCCC(CC)C(=O)NC(C)(CN)c1ccccc1. The lowest BCUT2D eigenvalue weighted by Gasteiger charge is -2.32. The van der Waals surface area contributed by atoms with Gasteiger partial charge < -0.3 is 11.1 Å². The molecule has 1 amide bonds. The highest BCUT2D eigenvalue weighted by molar-refractivity contribution is 5.79. The largest absolute Gasteiger partial charge is 0.345 e. The van der Waals surface area contributed by atoms with Gasteiger partial charge in [-0.1, -0.05) is 57.0 Å². The van der Waals surface area contributed by atoms with E-state index in [2.05, 4.69) is 19.2 Å². The monoisotopic (exact) mass is 276 g/mol. The second kappa shape index (κ2) is 8.05. The van der Waals surface area contributed by atoms with Crippen molar-refractivity contribution in [1.29, 1.82) is 0 Å². The van der Waals surface area contributed by atoms with Crippen LogP contribution in [0.5, 0.6) is 0 Å². The highest BCUT2D eigenvalue weighted by Gasteiger charge is 2.29. The zero-order valence-corrected chi connectivity index (χ0v) is 13.0. The van der Waals surface area contributed by atoms with E-state index >= 15 is 0 Å². The molecule has 2 unspecified atom stereocenters. The van der Waals surface area contributed by atoms with Gasteiger partial charge in [0.2, 0.25) is 5.91 Å². The minimum atomic E-state index is -0.488. The van der Waals surface area contributed by atoms with Crippen LogP contribution in [-0.4, -0.2) is 12.5 Å². The number of hydrogen-bond donors (Lipinski definition) is 2. The van der Waals surface area contributed by atoms with Gasteiger partial charge in [-0.3, -0.25) is 4.79 Å². The summed E-state index contributed by atoms with van der Waals surface area (Å²) in [6, 6.07) is 9.95. The molecule has 0 radical (unpaired) electrons. The van der Waals surface area contributed by atoms with Crippen molar-refractivity contribution in [2.75, 3.05) is 6.54 Å². The van der Waals surface area contributed by atoms with E-state index in [-0.39, 0.29) is 11.8 Å². The molecule has 3 nitrogen and oxygen atoms in total. The molecule has 3 N–H and O–H groups in total. The predicted molar refractivity (Wildman–Crippen MR) is 84.3 cm³/mol. The van der Waals surface area contributed by atoms with Crippen LogP contribution < -0.4 is 11.1 Å². The van der Waals surface area contributed by atoms with Gasteiger partial charge in [0.15, 0.2) is 0 Å². The molecule has 20 heavy (non-hydrogen) atoms. The van der Waals surface area contributed by atoms with E-state index in [9.17, 15) is 4.79 Å². The first-order chi connectivity index (χ1) is 9.57. The zero-order valence-electron chi connectivity index (χ0n) is 13.0. The Morgan fingerprint density at radius 2 is 1.95 bits per heavy atom. The van der Waals surface area contributed by atoms with Gasteiger partial charge in [0.05, 0.1) is 5.54 Å². The zero-order chi connectivity index (χ0) is 15.0. The summed E-state index contributed by atoms with van der Waals surface area (Å²) in [7, 11) is 0. The van der Waals surface area contributed by atoms with Crippen LogP contribution in [0.15, 0.2) is 30.3 Å². The first-order valence-electron chi connectivity index (χ1n) is 7.65. The topological polar surface area (TPSA) is 55.1 Å². The lowest BCUT2D eigenvalue weighted by Crippen LogP contribution is -2.50. The second-order valence-corrected chi connectivity index (χ2v) is 5.64. The summed E-state index contributed by atoms with van der Waals surface area (Å²) in [5, 5.41) is 3.16. The molecule has 0 aromatic heterocycles. The van der Waals surface area contributed by atoms with Crippen LogP contribution in [0.1, 0.15) is 52.0 Å². The van der Waals surface area contributed by atoms with E-state index in [4.69, 9.17) is 5.73 Å². The summed E-state index contributed by atoms with van der Waals surface area (Å²) in [4.78, 5) is 12.5. The Kier molecular flexibility index (Phi) is 6.73. The average molecular weight is 276 g/mol. The van der Waals surface area contributed by atoms with E-state index < -0.39 is 5.54 Å². The van der Waals surface area contributed by atoms with Crippen molar-refractivity contribution in [1.82, 2.24) is 5.32 Å². The molecule has 0 spiro atoms. The number of nitrogens with one attached hydrogen (secondary N) is 1. The first-order valence-corrected chi connectivity index (χ1v) is 7.65. The molecule has 0 fully saturated rings. The van der Waals surface area contributed by atoms with Crippen molar-refractivity contribution in [3.8, 4) is 0 Å². The number of unbranched alkanes of at least 4 members (excludes halogenated alkanes) is 1. The average Bonchev–Trinajstić information content (AvgIpc) is 2.48. The molecule has 0 aliphatic heterocycles. The number of rotatable bonds is 8. The number of hydrogen-bond acceptors (Lipinski definition) is 2. The maximum Gasteiger partial charge on any atom is 0.223 e. The van der Waals surface area contributed by atoms with Crippen LogP contribution in [0.3, 0.4) is 0 Å². The Labute approximate surface area is 122 Å². The van der Waals surface area contributed by atoms with Crippen molar-refractivity contribution in [3.63, 3.8) is 0 Å². The minimum Gasteiger partial charge on any atom is -0.345 e. The Hall–Kier alpha value is -1.35. The third kappa shape index (κ3) is 4.34. The molecule has 0 heterocycles. The van der Waals surface area contributed by atoms with Gasteiger partial charge in [-0.05, 0) is 25.3 Å². The summed E-state index contributed by atoms with van der Waals surface area (Å²) in [6.45, 7) is 6.61. The molecule has 1 aromatic rings. The molecule has 0 bridgehead atoms. The van der Waals surface area contributed by atoms with Crippen LogP contribution in [0.25, 0.3) is 0 Å². The van der Waals surface area contributed by atoms with E-state index in [1.807, 2.05) is 37.3 Å². The van der Waals surface area contributed by atoms with E-state index in [0.717, 1.165) is 31.2 Å². The van der Waals surface area contributed by atoms with Gasteiger partial charge in [-0.15, -0.1) is 0 Å². The van der Waals surface area contributed by atoms with Crippen LogP contribution in [-0.2, 0) is 10.3 Å². The molecule has 0 saturated carbocycles. The van der Waals surface area contributed by atoms with Gasteiger partial charge in [-0.2, -0.15) is 0 Å². The van der Waals surface area contributed by atoms with Gasteiger partial charge in [-0.25, -0.2) is 0 Å². The fourth-order valence-electron chi connectivity index (χ4n) is 2.39. The standard InChI is InChI=1S/C17H28N2O/c1-4-6-10-14(5-2)16(20)19-17(3,13-18)15-11-8-7-9-12-15/h7-9,11-12,14H,4-6,10,13,18H2,1-3H3,(H,19,20). The Morgan fingerprint density at radius 3 is 2.45 bits per heavy atom. The molecule has 1 aromatic carbocycles. The Bertz CT molecular complexity index is 405. The van der Waals surface area contributed by atoms with Gasteiger partial charge >= 0.3 is 0 Å². The molecule has 3 heteroatoms. The quantitative estimate of drug-likeness (QED) is 0.766. The number of carbonyl (C=O) groups excluding carboxylic acids is 1. The molecular weight excluding hydrogens is 248 g/mol. The molecule has 1 rings (SSSR count). The van der Waals surface area contributed by atoms with Crippen molar-refractivity contribution >= 4 is 5.91 Å². The van der Waals surface area contributed by atoms with Crippen molar-refractivity contribution in [3.05, 3.63) is 35.9 Å². The van der Waals surface area contributed by atoms with Crippen LogP contribution in [0.4, 0.5) is 0 Å². The third-order valence-electron chi connectivity index (χ3n) is 3.99. The normalized spacial score (nSPS) is 15.4. The summed E-state index contributed by atoms with van der Waals surface area (Å²) in [5.41, 5.74) is 6.48. The summed E-state index contributed by atoms with van der Waals surface area (Å²) in [5.74, 6) is 0.210. The lowest BCUT2D eigenvalue weighted by molar-refractivity contribution is -0.127. The van der Waals surface area contributed by atoms with Crippen molar-refractivity contribution in [2.45, 2.75) is 52.0 Å². The number of carbonyl (C=O) groups is 1. The highest BCUT2D eigenvalue weighted by Crippen LogP contribution is 2.21. The highest BCUT2D eigenvalue weighted by atomic mass is 16.2. The summed E-state index contributed by atoms with van der Waals surface area (Å²) < 4.78 is 0. The third-order valence-corrected chi connectivity index (χ3v) is 3.99. The Balaban J connectivity index is 2.79. The first kappa shape index (κ1) is 16.7. The van der Waals surface area contributed by atoms with Gasteiger partial charge in [0, 0.05) is 12.5 Å². The molecular formula is C17H28N2O. The summed E-state index contributed by atoms with van der Waals surface area (Å²) in [6.07, 6.45) is 4.04. The molecule has 2 atom stereocenters. The van der Waals surface area contributed by atoms with Gasteiger partial charge in [0.25, 0.3) is 0 Å². The van der Waals surface area contributed by atoms with Gasteiger partial charge in [0.1, 0.15) is 0 Å². The van der Waals surface area contributed by atoms with Crippen LogP contribution >= 0.6 is 0 Å². The maximum atomic E-state index is 12.5. The number of amides is 1. The number of nitrogens with two attached hydrogens (primary N) is 1. The smallest absolute Gasteiger partial charge is 0.223 e. The second-order valence-electron chi connectivity index (χ2n) is 5.64. The molecule has 0 saturated heterocycles. The van der Waals surface area contributed by atoms with Crippen LogP contribution in [0, 0.1) is 5.92 Å². The van der Waals surface area contributed by atoms with E-state index in [1.165, 1.54) is 0 Å². The molecule has 112 valence electrons. The summed E-state index contributed by atoms with van der Waals surface area (Å²) >= 11 is 0. The lowest BCUT2D eigenvalue weighted by atomic mass is 9.90.